The lowest BCUT2D eigenvalue weighted by Gasteiger charge is -2.06. The monoisotopic (exact) mass is 365 g/mol. The summed E-state index contributed by atoms with van der Waals surface area (Å²) >= 11 is 0. The average molecular weight is 365 g/mol. The first-order valence-electron chi connectivity index (χ1n) is 7.26. The van der Waals surface area contributed by atoms with Crippen LogP contribution in [-0.2, 0) is 10.9 Å². The Hall–Kier alpha value is -3.36. The van der Waals surface area contributed by atoms with Gasteiger partial charge < -0.3 is 10.2 Å². The van der Waals surface area contributed by atoms with Crippen LogP contribution in [0.3, 0.4) is 0 Å². The molecule has 1 N–H and O–H groups in total. The van der Waals surface area contributed by atoms with Gasteiger partial charge in [0.05, 0.1) is 12.8 Å². The number of halogens is 3. The minimum atomic E-state index is -4.64. The van der Waals surface area contributed by atoms with E-state index in [-0.39, 0.29) is 5.82 Å². The molecule has 0 atom stereocenters. The van der Waals surface area contributed by atoms with E-state index in [1.165, 1.54) is 43.2 Å². The molecule has 0 radical (unpaired) electrons. The highest BCUT2D eigenvalue weighted by Gasteiger charge is 2.37. The molecular weight excluding hydrogens is 347 g/mol. The number of ether oxygens (including phenoxy) is 1. The van der Waals surface area contributed by atoms with Crippen molar-refractivity contribution in [2.45, 2.75) is 6.18 Å². The van der Waals surface area contributed by atoms with Crippen molar-refractivity contribution in [3.05, 3.63) is 73.6 Å². The number of nitrogens with zero attached hydrogens (tertiary/aromatic N) is 4. The topological polar surface area (TPSA) is 64.3 Å². The molecule has 0 fully saturated rings. The van der Waals surface area contributed by atoms with Gasteiger partial charge in [-0.3, -0.25) is 4.57 Å². The van der Waals surface area contributed by atoms with Crippen LogP contribution in [-0.4, -0.2) is 27.7 Å². The molecule has 0 amide bonds. The van der Waals surface area contributed by atoms with Crippen molar-refractivity contribution in [3.8, 4) is 0 Å². The zero-order valence-corrected chi connectivity index (χ0v) is 13.9. The Balaban J connectivity index is 2.83. The predicted molar refractivity (Wildman–Crippen MR) is 95.6 cm³/mol. The summed E-state index contributed by atoms with van der Waals surface area (Å²) in [5, 5.41) is 10.3. The Morgan fingerprint density at radius 2 is 2.04 bits per heavy atom. The third-order valence-electron chi connectivity index (χ3n) is 2.70. The molecule has 138 valence electrons. The maximum atomic E-state index is 12.9. The van der Waals surface area contributed by atoms with Gasteiger partial charge in [0, 0.05) is 6.20 Å². The van der Waals surface area contributed by atoms with E-state index in [9.17, 15) is 13.2 Å². The third-order valence-corrected chi connectivity index (χ3v) is 2.70. The molecule has 1 heterocycles. The van der Waals surface area contributed by atoms with Crippen LogP contribution in [0.5, 0.6) is 0 Å². The molecule has 1 aromatic heterocycles. The minimum absolute atomic E-state index is 0.0286. The Kier molecular flexibility index (Phi) is 8.35. The van der Waals surface area contributed by atoms with Crippen molar-refractivity contribution in [1.82, 2.24) is 20.2 Å². The van der Waals surface area contributed by atoms with E-state index in [2.05, 4.69) is 40.5 Å². The standard InChI is InChI=1S/C17H18F3N5O/c1-4-10-21-22-13-26-12-7-8-14(5-2)9-11-25-15(6-3)23-24-16(25)17(18,19)20/h4-9,11-13,21H,1-3,10H2/b11-9+,12-7+,14-8+,22-13+. The maximum absolute atomic E-state index is 12.9. The first-order chi connectivity index (χ1) is 12.4. The summed E-state index contributed by atoms with van der Waals surface area (Å²) in [5.41, 5.74) is 3.18. The molecular formula is C17H18F3N5O. The summed E-state index contributed by atoms with van der Waals surface area (Å²) < 4.78 is 44.5. The zero-order chi connectivity index (χ0) is 19.4. The number of aromatic nitrogens is 3. The molecule has 0 aliphatic heterocycles. The number of rotatable bonds is 10. The minimum Gasteiger partial charge on any atom is -0.452 e. The lowest BCUT2D eigenvalue weighted by Crippen LogP contribution is -2.12. The largest absolute Gasteiger partial charge is 0.452 e. The number of hydrazone groups is 1. The molecule has 0 saturated heterocycles. The SMILES string of the molecule is C=CCN/N=C/O/C=C/C=C(C=C)/C=C/n1c(C=C)nnc1C(F)(F)F. The van der Waals surface area contributed by atoms with Gasteiger partial charge in [0.1, 0.15) is 0 Å². The first-order valence-corrected chi connectivity index (χ1v) is 7.26. The van der Waals surface area contributed by atoms with E-state index in [1.54, 1.807) is 12.2 Å². The second-order valence-electron chi connectivity index (χ2n) is 4.49. The van der Waals surface area contributed by atoms with Crippen molar-refractivity contribution in [3.63, 3.8) is 0 Å². The quantitative estimate of drug-likeness (QED) is 0.130. The third kappa shape index (κ3) is 6.63. The van der Waals surface area contributed by atoms with Gasteiger partial charge in [-0.15, -0.1) is 21.9 Å². The second-order valence-corrected chi connectivity index (χ2v) is 4.49. The highest BCUT2D eigenvalue weighted by molar-refractivity contribution is 5.48. The van der Waals surface area contributed by atoms with Gasteiger partial charge in [0.25, 0.3) is 0 Å². The fourth-order valence-electron chi connectivity index (χ4n) is 1.55. The van der Waals surface area contributed by atoms with E-state index in [0.29, 0.717) is 12.1 Å². The number of hydrogen-bond donors (Lipinski definition) is 1. The summed E-state index contributed by atoms with van der Waals surface area (Å²) in [7, 11) is 0. The van der Waals surface area contributed by atoms with Gasteiger partial charge in [0.2, 0.25) is 5.82 Å². The fourth-order valence-corrected chi connectivity index (χ4v) is 1.55. The van der Waals surface area contributed by atoms with Gasteiger partial charge in [-0.2, -0.15) is 13.2 Å². The Labute approximate surface area is 149 Å². The van der Waals surface area contributed by atoms with Crippen LogP contribution in [0, 0.1) is 0 Å². The molecule has 26 heavy (non-hydrogen) atoms. The van der Waals surface area contributed by atoms with Crippen LogP contribution < -0.4 is 5.43 Å². The smallest absolute Gasteiger partial charge is 0.452 e. The van der Waals surface area contributed by atoms with E-state index in [4.69, 9.17) is 4.74 Å². The Morgan fingerprint density at radius 3 is 2.65 bits per heavy atom. The van der Waals surface area contributed by atoms with Gasteiger partial charge in [-0.25, -0.2) is 0 Å². The van der Waals surface area contributed by atoms with Gasteiger partial charge >= 0.3 is 6.18 Å². The highest BCUT2D eigenvalue weighted by Crippen LogP contribution is 2.28. The molecule has 0 unspecified atom stereocenters. The van der Waals surface area contributed by atoms with Gasteiger partial charge in [-0.05, 0) is 23.8 Å². The molecule has 0 aromatic carbocycles. The first kappa shape index (κ1) is 20.7. The van der Waals surface area contributed by atoms with Gasteiger partial charge in [-0.1, -0.05) is 31.4 Å². The molecule has 1 rings (SSSR count). The summed E-state index contributed by atoms with van der Waals surface area (Å²) in [5.74, 6) is -1.17. The predicted octanol–water partition coefficient (Wildman–Crippen LogP) is 3.77. The lowest BCUT2D eigenvalue weighted by atomic mass is 10.2. The summed E-state index contributed by atoms with van der Waals surface area (Å²) in [6.07, 6.45) is 7.88. The van der Waals surface area contributed by atoms with Crippen molar-refractivity contribution in [2.75, 3.05) is 6.54 Å². The van der Waals surface area contributed by atoms with E-state index >= 15 is 0 Å². The molecule has 9 heteroatoms. The molecule has 0 bridgehead atoms. The maximum Gasteiger partial charge on any atom is 0.452 e. The molecule has 0 saturated carbocycles. The lowest BCUT2D eigenvalue weighted by molar-refractivity contribution is -0.146. The van der Waals surface area contributed by atoms with E-state index < -0.39 is 12.0 Å². The molecule has 0 aliphatic carbocycles. The van der Waals surface area contributed by atoms with Crippen LogP contribution in [0.15, 0.2) is 67.1 Å². The van der Waals surface area contributed by atoms with Crippen molar-refractivity contribution in [1.29, 1.82) is 0 Å². The number of allylic oxidation sites excluding steroid dienone is 5. The van der Waals surface area contributed by atoms with Crippen LogP contribution >= 0.6 is 0 Å². The van der Waals surface area contributed by atoms with Crippen molar-refractivity contribution in [2.24, 2.45) is 5.10 Å². The number of alkyl halides is 3. The average Bonchev–Trinajstić information content (AvgIpc) is 3.03. The Morgan fingerprint density at radius 1 is 1.27 bits per heavy atom. The van der Waals surface area contributed by atoms with E-state index in [1.807, 2.05) is 0 Å². The summed E-state index contributed by atoms with van der Waals surface area (Å²) in [6.45, 7) is 11.0. The summed E-state index contributed by atoms with van der Waals surface area (Å²) in [6, 6.07) is 0. The van der Waals surface area contributed by atoms with Crippen LogP contribution in [0.1, 0.15) is 11.6 Å². The molecule has 1 aromatic rings. The van der Waals surface area contributed by atoms with Crippen molar-refractivity contribution < 1.29 is 17.9 Å². The highest BCUT2D eigenvalue weighted by atomic mass is 19.4. The molecule has 6 nitrogen and oxygen atoms in total. The zero-order valence-electron chi connectivity index (χ0n) is 13.9. The fraction of sp³-hybridized carbons (Fsp3) is 0.118. The molecule has 0 aliphatic rings. The van der Waals surface area contributed by atoms with E-state index in [0.717, 1.165) is 4.57 Å². The Bertz CT molecular complexity index is 742. The van der Waals surface area contributed by atoms with Crippen LogP contribution in [0.2, 0.25) is 0 Å². The summed E-state index contributed by atoms with van der Waals surface area (Å²) in [4.78, 5) is 0. The molecule has 0 spiro atoms. The van der Waals surface area contributed by atoms with Crippen LogP contribution in [0.4, 0.5) is 13.2 Å². The van der Waals surface area contributed by atoms with Crippen LogP contribution in [0.25, 0.3) is 12.3 Å². The number of nitrogens with one attached hydrogen (secondary N) is 1. The normalized spacial score (nSPS) is 12.8. The second kappa shape index (κ2) is 10.5. The number of hydrogen-bond acceptors (Lipinski definition) is 5. The van der Waals surface area contributed by atoms with Gasteiger partial charge in [0.15, 0.2) is 12.2 Å². The van der Waals surface area contributed by atoms with Crippen molar-refractivity contribution >= 4 is 18.7 Å².